The molecule has 1 fully saturated rings. The SMILES string of the molecule is CN1CCCN(C(=O)c2nc(CCc3ccccc3)n(-c3ccccc3)n2)CC1. The summed E-state index contributed by atoms with van der Waals surface area (Å²) in [5.74, 6) is 1.03. The highest BCUT2D eigenvalue weighted by Crippen LogP contribution is 2.14. The number of benzene rings is 2. The molecule has 2 heterocycles. The molecule has 1 amide bonds. The Labute approximate surface area is 171 Å². The van der Waals surface area contributed by atoms with E-state index in [-0.39, 0.29) is 5.91 Å². The molecule has 0 aliphatic carbocycles. The molecule has 0 bridgehead atoms. The Morgan fingerprint density at radius 3 is 2.38 bits per heavy atom. The number of aromatic nitrogens is 3. The summed E-state index contributed by atoms with van der Waals surface area (Å²) in [6, 6.07) is 20.3. The van der Waals surface area contributed by atoms with Crippen molar-refractivity contribution >= 4 is 5.91 Å². The average molecular weight is 390 g/mol. The zero-order chi connectivity index (χ0) is 20.1. The lowest BCUT2D eigenvalue weighted by molar-refractivity contribution is 0.0750. The summed E-state index contributed by atoms with van der Waals surface area (Å²) in [7, 11) is 2.10. The lowest BCUT2D eigenvalue weighted by Crippen LogP contribution is -2.35. The van der Waals surface area contributed by atoms with Crippen LogP contribution < -0.4 is 0 Å². The molecule has 1 aliphatic rings. The Hall–Kier alpha value is -2.99. The molecule has 0 atom stereocenters. The summed E-state index contributed by atoms with van der Waals surface area (Å²) in [6.07, 6.45) is 2.55. The zero-order valence-electron chi connectivity index (χ0n) is 16.9. The smallest absolute Gasteiger partial charge is 0.293 e. The summed E-state index contributed by atoms with van der Waals surface area (Å²) in [6.45, 7) is 3.36. The van der Waals surface area contributed by atoms with Gasteiger partial charge in [0.15, 0.2) is 0 Å². The quantitative estimate of drug-likeness (QED) is 0.673. The predicted molar refractivity (Wildman–Crippen MR) is 113 cm³/mol. The van der Waals surface area contributed by atoms with Crippen molar-refractivity contribution in [2.75, 3.05) is 33.2 Å². The van der Waals surface area contributed by atoms with Crippen LogP contribution in [0.2, 0.25) is 0 Å². The first-order valence-electron chi connectivity index (χ1n) is 10.2. The molecule has 0 radical (unpaired) electrons. The van der Waals surface area contributed by atoms with E-state index >= 15 is 0 Å². The van der Waals surface area contributed by atoms with Gasteiger partial charge >= 0.3 is 0 Å². The van der Waals surface area contributed by atoms with Crippen molar-refractivity contribution in [3.05, 3.63) is 77.9 Å². The Morgan fingerprint density at radius 2 is 1.62 bits per heavy atom. The van der Waals surface area contributed by atoms with Gasteiger partial charge in [-0.2, -0.15) is 0 Å². The van der Waals surface area contributed by atoms with Gasteiger partial charge in [0.25, 0.3) is 5.91 Å². The van der Waals surface area contributed by atoms with Crippen molar-refractivity contribution < 1.29 is 4.79 Å². The highest BCUT2D eigenvalue weighted by molar-refractivity contribution is 5.90. The van der Waals surface area contributed by atoms with E-state index in [0.717, 1.165) is 50.4 Å². The molecule has 3 aromatic rings. The maximum atomic E-state index is 13.1. The number of hydrogen-bond donors (Lipinski definition) is 0. The second-order valence-corrected chi connectivity index (χ2v) is 7.53. The number of amides is 1. The van der Waals surface area contributed by atoms with Crippen LogP contribution in [-0.2, 0) is 12.8 Å². The molecule has 0 unspecified atom stereocenters. The van der Waals surface area contributed by atoms with E-state index in [0.29, 0.717) is 12.4 Å². The lowest BCUT2D eigenvalue weighted by Gasteiger charge is -2.18. The summed E-state index contributed by atoms with van der Waals surface area (Å²) in [4.78, 5) is 21.9. The Morgan fingerprint density at radius 1 is 0.897 bits per heavy atom. The molecule has 1 aromatic heterocycles. The van der Waals surface area contributed by atoms with Crippen LogP contribution in [0.1, 0.15) is 28.4 Å². The second-order valence-electron chi connectivity index (χ2n) is 7.53. The van der Waals surface area contributed by atoms with Gasteiger partial charge in [0.1, 0.15) is 5.82 Å². The van der Waals surface area contributed by atoms with Crippen LogP contribution in [0, 0.1) is 0 Å². The highest BCUT2D eigenvalue weighted by Gasteiger charge is 2.24. The third-order valence-electron chi connectivity index (χ3n) is 5.35. The van der Waals surface area contributed by atoms with Gasteiger partial charge in [0.05, 0.1) is 5.69 Å². The van der Waals surface area contributed by atoms with Gasteiger partial charge in [-0.1, -0.05) is 48.5 Å². The fourth-order valence-electron chi connectivity index (χ4n) is 3.66. The van der Waals surface area contributed by atoms with Crippen LogP contribution in [0.15, 0.2) is 60.7 Å². The van der Waals surface area contributed by atoms with Crippen molar-refractivity contribution in [1.82, 2.24) is 24.6 Å². The fourth-order valence-corrected chi connectivity index (χ4v) is 3.66. The Bertz CT molecular complexity index is 938. The maximum Gasteiger partial charge on any atom is 0.293 e. The molecule has 2 aromatic carbocycles. The first-order valence-corrected chi connectivity index (χ1v) is 10.2. The van der Waals surface area contributed by atoms with Gasteiger partial charge in [0, 0.05) is 26.1 Å². The molecule has 6 nitrogen and oxygen atoms in total. The highest BCUT2D eigenvalue weighted by atomic mass is 16.2. The molecule has 0 saturated carbocycles. The number of hydrogen-bond acceptors (Lipinski definition) is 4. The second kappa shape index (κ2) is 9.01. The predicted octanol–water partition coefficient (Wildman–Crippen LogP) is 2.83. The number of carbonyl (C=O) groups is 1. The number of likely N-dealkylation sites (N-methyl/N-ethyl adjacent to an activating group) is 1. The minimum Gasteiger partial charge on any atom is -0.335 e. The van der Waals surface area contributed by atoms with Gasteiger partial charge in [-0.05, 0) is 44.1 Å². The third-order valence-corrected chi connectivity index (χ3v) is 5.35. The van der Waals surface area contributed by atoms with E-state index < -0.39 is 0 Å². The largest absolute Gasteiger partial charge is 0.335 e. The van der Waals surface area contributed by atoms with Crippen molar-refractivity contribution in [3.63, 3.8) is 0 Å². The number of para-hydroxylation sites is 1. The van der Waals surface area contributed by atoms with E-state index in [9.17, 15) is 4.79 Å². The molecular weight excluding hydrogens is 362 g/mol. The standard InChI is InChI=1S/C23H27N5O/c1-26-15-8-16-27(18-17-26)23(29)22-24-21(14-13-19-9-4-2-5-10-19)28(25-22)20-11-6-3-7-12-20/h2-7,9-12H,8,13-18H2,1H3. The van der Waals surface area contributed by atoms with Gasteiger partial charge in [-0.3, -0.25) is 4.79 Å². The van der Waals surface area contributed by atoms with Crippen LogP contribution in [0.4, 0.5) is 0 Å². The van der Waals surface area contributed by atoms with Crippen molar-refractivity contribution in [3.8, 4) is 5.69 Å². The minimum absolute atomic E-state index is 0.0732. The van der Waals surface area contributed by atoms with E-state index in [1.54, 1.807) is 0 Å². The van der Waals surface area contributed by atoms with Gasteiger partial charge in [0.2, 0.25) is 5.82 Å². The molecule has 1 saturated heterocycles. The Kier molecular flexibility index (Phi) is 6.00. The van der Waals surface area contributed by atoms with Crippen molar-refractivity contribution in [1.29, 1.82) is 0 Å². The van der Waals surface area contributed by atoms with Crippen LogP contribution >= 0.6 is 0 Å². The van der Waals surface area contributed by atoms with Crippen LogP contribution in [0.25, 0.3) is 5.69 Å². The number of carbonyl (C=O) groups excluding carboxylic acids is 1. The zero-order valence-corrected chi connectivity index (χ0v) is 16.9. The first kappa shape index (κ1) is 19.3. The third kappa shape index (κ3) is 4.71. The van der Waals surface area contributed by atoms with Gasteiger partial charge in [-0.25, -0.2) is 9.67 Å². The van der Waals surface area contributed by atoms with Crippen molar-refractivity contribution in [2.45, 2.75) is 19.3 Å². The van der Waals surface area contributed by atoms with Crippen LogP contribution in [0.5, 0.6) is 0 Å². The summed E-state index contributed by atoms with van der Waals surface area (Å²) < 4.78 is 1.82. The minimum atomic E-state index is -0.0732. The summed E-state index contributed by atoms with van der Waals surface area (Å²) >= 11 is 0. The van der Waals surface area contributed by atoms with E-state index in [2.05, 4.69) is 34.2 Å². The molecule has 29 heavy (non-hydrogen) atoms. The van der Waals surface area contributed by atoms with Crippen molar-refractivity contribution in [2.24, 2.45) is 0 Å². The monoisotopic (exact) mass is 389 g/mol. The molecule has 0 N–H and O–H groups in total. The van der Waals surface area contributed by atoms with Gasteiger partial charge in [-0.15, -0.1) is 5.10 Å². The number of aryl methyl sites for hydroxylation is 2. The van der Waals surface area contributed by atoms with E-state index in [4.69, 9.17) is 0 Å². The molecule has 150 valence electrons. The fraction of sp³-hybridized carbons (Fsp3) is 0.348. The summed E-state index contributed by atoms with van der Waals surface area (Å²) in [5, 5.41) is 4.62. The van der Waals surface area contributed by atoms with Gasteiger partial charge < -0.3 is 9.80 Å². The number of rotatable bonds is 5. The molecule has 0 spiro atoms. The van der Waals surface area contributed by atoms with Crippen LogP contribution in [-0.4, -0.2) is 63.7 Å². The van der Waals surface area contributed by atoms with E-state index in [1.165, 1.54) is 5.56 Å². The molecule has 6 heteroatoms. The first-order chi connectivity index (χ1) is 14.2. The maximum absolute atomic E-state index is 13.1. The Balaban J connectivity index is 1.59. The van der Waals surface area contributed by atoms with Crippen LogP contribution in [0.3, 0.4) is 0 Å². The topological polar surface area (TPSA) is 54.3 Å². The summed E-state index contributed by atoms with van der Waals surface area (Å²) in [5.41, 5.74) is 2.18. The molecule has 1 aliphatic heterocycles. The number of nitrogens with zero attached hydrogens (tertiary/aromatic N) is 5. The average Bonchev–Trinajstić information content (AvgIpc) is 3.07. The molecular formula is C23H27N5O. The lowest BCUT2D eigenvalue weighted by atomic mass is 10.1. The molecule has 4 rings (SSSR count). The normalized spacial score (nSPS) is 15.3. The van der Waals surface area contributed by atoms with E-state index in [1.807, 2.05) is 58.1 Å².